The molecule has 0 aliphatic carbocycles. The molecular weight excluding hydrogens is 459 g/mol. The molecule has 0 fully saturated rings. The van der Waals surface area contributed by atoms with Gasteiger partial charge in [-0.2, -0.15) is 0 Å². The van der Waals surface area contributed by atoms with Crippen molar-refractivity contribution in [3.05, 3.63) is 57.1 Å². The second kappa shape index (κ2) is 11.5. The molecule has 0 aliphatic heterocycles. The van der Waals surface area contributed by atoms with Crippen LogP contribution in [0.3, 0.4) is 0 Å². The fraction of sp³-hybridized carbons (Fsp3) is 0.560. The van der Waals surface area contributed by atoms with Gasteiger partial charge >= 0.3 is 6.09 Å². The number of carbonyl (C=O) groups excluding carboxylic acids is 1. The molecule has 0 radical (unpaired) electrons. The van der Waals surface area contributed by atoms with Gasteiger partial charge in [0.1, 0.15) is 5.60 Å². The van der Waals surface area contributed by atoms with E-state index >= 15 is 0 Å². The van der Waals surface area contributed by atoms with E-state index in [4.69, 9.17) is 33.7 Å². The van der Waals surface area contributed by atoms with Crippen LogP contribution in [-0.4, -0.2) is 34.8 Å². The van der Waals surface area contributed by atoms with E-state index < -0.39 is 11.7 Å². The molecule has 1 amide bonds. The lowest BCUT2D eigenvalue weighted by Gasteiger charge is -2.27. The first-order valence-corrected chi connectivity index (χ1v) is 11.7. The Morgan fingerprint density at radius 3 is 1.70 bits per heavy atom. The third kappa shape index (κ3) is 9.48. The van der Waals surface area contributed by atoms with E-state index in [-0.39, 0.29) is 10.8 Å². The SMILES string of the molecule is Cc1cnc(C(C)(C)CN)c(Cl)c1.Cc1cnc(C(C)(C)CNC(=O)OC(C)(C)C)c(Cl)c1. The smallest absolute Gasteiger partial charge is 0.407 e. The van der Waals surface area contributed by atoms with Crippen molar-refractivity contribution < 1.29 is 9.53 Å². The van der Waals surface area contributed by atoms with Crippen LogP contribution in [0, 0.1) is 13.8 Å². The van der Waals surface area contributed by atoms with Crippen molar-refractivity contribution in [2.45, 2.75) is 78.7 Å². The van der Waals surface area contributed by atoms with Crippen LogP contribution in [0.2, 0.25) is 10.0 Å². The van der Waals surface area contributed by atoms with Crippen molar-refractivity contribution in [2.24, 2.45) is 5.73 Å². The molecule has 0 saturated heterocycles. The summed E-state index contributed by atoms with van der Waals surface area (Å²) in [4.78, 5) is 20.4. The summed E-state index contributed by atoms with van der Waals surface area (Å²) in [5.74, 6) is 0. The number of amides is 1. The zero-order chi connectivity index (χ0) is 25.6. The number of halogens is 2. The highest BCUT2D eigenvalue weighted by molar-refractivity contribution is 6.31. The van der Waals surface area contributed by atoms with Crippen LogP contribution < -0.4 is 11.1 Å². The van der Waals surface area contributed by atoms with Gasteiger partial charge in [-0.1, -0.05) is 50.9 Å². The molecule has 8 heteroatoms. The molecule has 0 unspecified atom stereocenters. The lowest BCUT2D eigenvalue weighted by molar-refractivity contribution is 0.0517. The number of nitrogens with one attached hydrogen (secondary N) is 1. The van der Waals surface area contributed by atoms with Crippen LogP contribution in [0.5, 0.6) is 0 Å². The van der Waals surface area contributed by atoms with Crippen LogP contribution in [0.1, 0.15) is 71.0 Å². The molecular formula is C25H38Cl2N4O2. The number of nitrogens with two attached hydrogens (primary N) is 1. The molecule has 2 aromatic heterocycles. The van der Waals surface area contributed by atoms with E-state index in [2.05, 4.69) is 15.3 Å². The monoisotopic (exact) mass is 496 g/mol. The number of aromatic nitrogens is 2. The minimum atomic E-state index is -0.506. The number of carbonyl (C=O) groups is 1. The lowest BCUT2D eigenvalue weighted by Crippen LogP contribution is -2.40. The molecule has 3 N–H and O–H groups in total. The summed E-state index contributed by atoms with van der Waals surface area (Å²) < 4.78 is 5.21. The van der Waals surface area contributed by atoms with Crippen LogP contribution in [-0.2, 0) is 15.6 Å². The Labute approximate surface area is 208 Å². The van der Waals surface area contributed by atoms with Gasteiger partial charge in [-0.15, -0.1) is 0 Å². The minimum absolute atomic E-state index is 0.148. The molecule has 6 nitrogen and oxygen atoms in total. The minimum Gasteiger partial charge on any atom is -0.444 e. The fourth-order valence-corrected chi connectivity index (χ4v) is 3.80. The predicted octanol–water partition coefficient (Wildman–Crippen LogP) is 6.13. The first-order chi connectivity index (χ1) is 15.0. The number of aryl methyl sites for hydroxylation is 2. The van der Waals surface area contributed by atoms with Gasteiger partial charge in [-0.05, 0) is 57.9 Å². The third-order valence-electron chi connectivity index (χ3n) is 4.82. The molecule has 2 aromatic rings. The molecule has 0 spiro atoms. The number of hydrogen-bond acceptors (Lipinski definition) is 5. The Bertz CT molecular complexity index is 954. The Morgan fingerprint density at radius 2 is 1.33 bits per heavy atom. The highest BCUT2D eigenvalue weighted by Crippen LogP contribution is 2.28. The maximum atomic E-state index is 11.7. The van der Waals surface area contributed by atoms with Gasteiger partial charge in [0, 0.05) is 36.3 Å². The zero-order valence-electron chi connectivity index (χ0n) is 21.3. The van der Waals surface area contributed by atoms with Gasteiger partial charge in [0.05, 0.1) is 21.4 Å². The Morgan fingerprint density at radius 1 is 0.909 bits per heavy atom. The normalized spacial score (nSPS) is 12.0. The molecule has 0 aliphatic rings. The predicted molar refractivity (Wildman–Crippen MR) is 137 cm³/mol. The zero-order valence-corrected chi connectivity index (χ0v) is 22.8. The quantitative estimate of drug-likeness (QED) is 0.519. The second-order valence-corrected chi connectivity index (χ2v) is 11.3. The fourth-order valence-electron chi connectivity index (χ4n) is 2.85. The maximum Gasteiger partial charge on any atom is 0.407 e. The van der Waals surface area contributed by atoms with Gasteiger partial charge < -0.3 is 15.8 Å². The van der Waals surface area contributed by atoms with E-state index in [9.17, 15) is 4.79 Å². The first-order valence-electron chi connectivity index (χ1n) is 10.9. The summed E-state index contributed by atoms with van der Waals surface area (Å²) in [6.45, 7) is 18.4. The van der Waals surface area contributed by atoms with Gasteiger partial charge in [0.2, 0.25) is 0 Å². The van der Waals surface area contributed by atoms with E-state index in [0.717, 1.165) is 22.5 Å². The summed E-state index contributed by atoms with van der Waals surface area (Å²) >= 11 is 12.3. The molecule has 0 aromatic carbocycles. The highest BCUT2D eigenvalue weighted by atomic mass is 35.5. The van der Waals surface area contributed by atoms with Crippen LogP contribution in [0.4, 0.5) is 4.79 Å². The second-order valence-electron chi connectivity index (χ2n) is 10.5. The van der Waals surface area contributed by atoms with Crippen molar-refractivity contribution >= 4 is 29.3 Å². The number of ether oxygens (including phenoxy) is 1. The van der Waals surface area contributed by atoms with Crippen molar-refractivity contribution in [2.75, 3.05) is 13.1 Å². The Hall–Kier alpha value is -1.89. The van der Waals surface area contributed by atoms with Gasteiger partial charge in [-0.25, -0.2) is 4.79 Å². The largest absolute Gasteiger partial charge is 0.444 e. The van der Waals surface area contributed by atoms with Crippen molar-refractivity contribution in [3.63, 3.8) is 0 Å². The van der Waals surface area contributed by atoms with E-state index in [0.29, 0.717) is 23.1 Å². The molecule has 2 heterocycles. The van der Waals surface area contributed by atoms with Crippen molar-refractivity contribution in [1.29, 1.82) is 0 Å². The Kier molecular flexibility index (Phi) is 10.2. The van der Waals surface area contributed by atoms with Crippen molar-refractivity contribution in [1.82, 2.24) is 15.3 Å². The van der Waals surface area contributed by atoms with Crippen LogP contribution in [0.15, 0.2) is 24.5 Å². The van der Waals surface area contributed by atoms with E-state index in [1.54, 1.807) is 6.20 Å². The van der Waals surface area contributed by atoms with E-state index in [1.807, 2.05) is 80.6 Å². The van der Waals surface area contributed by atoms with Crippen molar-refractivity contribution in [3.8, 4) is 0 Å². The van der Waals surface area contributed by atoms with Crippen LogP contribution >= 0.6 is 23.2 Å². The summed E-state index contributed by atoms with van der Waals surface area (Å²) in [7, 11) is 0. The summed E-state index contributed by atoms with van der Waals surface area (Å²) in [5.41, 5.74) is 8.34. The maximum absolute atomic E-state index is 11.7. The number of alkyl carbamates (subject to hydrolysis) is 1. The number of hydrogen-bond donors (Lipinski definition) is 2. The highest BCUT2D eigenvalue weighted by Gasteiger charge is 2.27. The molecule has 184 valence electrons. The summed E-state index contributed by atoms with van der Waals surface area (Å²) in [6, 6.07) is 3.79. The van der Waals surface area contributed by atoms with E-state index in [1.165, 1.54) is 0 Å². The Balaban J connectivity index is 0.000000361. The lowest BCUT2D eigenvalue weighted by atomic mass is 9.88. The standard InChI is InChI=1S/C15H23ClN2O2.C10H15ClN2/c1-10-7-11(16)12(17-8-10)15(5,6)9-18-13(19)20-14(2,3)4;1-7-4-8(11)9(13-5-7)10(2,3)6-12/h7-8H,9H2,1-6H3,(H,18,19);4-5H,6,12H2,1-3H3. The summed E-state index contributed by atoms with van der Waals surface area (Å²) in [5, 5.41) is 4.08. The molecule has 0 bridgehead atoms. The molecule has 2 rings (SSSR count). The first kappa shape index (κ1) is 29.1. The number of pyridine rings is 2. The topological polar surface area (TPSA) is 90.1 Å². The average molecular weight is 498 g/mol. The average Bonchev–Trinajstić information content (AvgIpc) is 2.65. The third-order valence-corrected chi connectivity index (χ3v) is 5.40. The molecule has 0 atom stereocenters. The number of nitrogens with zero attached hydrogens (tertiary/aromatic N) is 2. The van der Waals surface area contributed by atoms with Gasteiger partial charge in [-0.3, -0.25) is 9.97 Å². The van der Waals surface area contributed by atoms with Gasteiger partial charge in [0.25, 0.3) is 0 Å². The summed E-state index contributed by atoms with van der Waals surface area (Å²) in [6.07, 6.45) is 3.16. The molecule has 33 heavy (non-hydrogen) atoms. The van der Waals surface area contributed by atoms with Crippen LogP contribution in [0.25, 0.3) is 0 Å². The van der Waals surface area contributed by atoms with Gasteiger partial charge in [0.15, 0.2) is 0 Å². The number of rotatable bonds is 5. The molecule has 0 saturated carbocycles.